The Morgan fingerprint density at radius 3 is 3.06 bits per heavy atom. The van der Waals surface area contributed by atoms with E-state index in [4.69, 9.17) is 5.26 Å². The van der Waals surface area contributed by atoms with Crippen LogP contribution in [0, 0.1) is 18.3 Å². The van der Waals surface area contributed by atoms with E-state index in [0.717, 1.165) is 6.54 Å². The number of hydrogen-bond donors (Lipinski definition) is 0. The number of benzene rings is 1. The lowest BCUT2D eigenvalue weighted by Crippen LogP contribution is -2.37. The van der Waals surface area contributed by atoms with Gasteiger partial charge in [-0.2, -0.15) is 5.26 Å². The molecule has 0 aliphatic carbocycles. The van der Waals surface area contributed by atoms with Gasteiger partial charge in [-0.1, -0.05) is 17.7 Å². The van der Waals surface area contributed by atoms with E-state index in [1.54, 1.807) is 0 Å². The van der Waals surface area contributed by atoms with E-state index in [2.05, 4.69) is 43.0 Å². The van der Waals surface area contributed by atoms with Gasteiger partial charge in [0.15, 0.2) is 0 Å². The minimum absolute atomic E-state index is 0.326. The third kappa shape index (κ3) is 2.04. The smallest absolute Gasteiger partial charge is 0.0643 e. The van der Waals surface area contributed by atoms with Gasteiger partial charge >= 0.3 is 0 Å². The Kier molecular flexibility index (Phi) is 3.14. The first-order valence-corrected chi connectivity index (χ1v) is 5.95. The van der Waals surface area contributed by atoms with Gasteiger partial charge in [-0.25, -0.2) is 0 Å². The van der Waals surface area contributed by atoms with E-state index < -0.39 is 0 Å². The second-order valence-corrected chi connectivity index (χ2v) is 4.64. The van der Waals surface area contributed by atoms with Crippen LogP contribution in [0.5, 0.6) is 0 Å². The average Bonchev–Trinajstić information content (AvgIpc) is 2.28. The van der Waals surface area contributed by atoms with Crippen molar-refractivity contribution in [3.63, 3.8) is 0 Å². The first-order valence-electron chi connectivity index (χ1n) is 5.95. The molecule has 2 nitrogen and oxygen atoms in total. The molecule has 1 aliphatic rings. The number of nitriles is 1. The molecule has 0 saturated heterocycles. The van der Waals surface area contributed by atoms with Crippen molar-refractivity contribution in [2.75, 3.05) is 11.4 Å². The molecule has 1 aromatic rings. The molecule has 0 aromatic heterocycles. The lowest BCUT2D eigenvalue weighted by Gasteiger charge is -2.35. The van der Waals surface area contributed by atoms with Crippen LogP contribution in [0.1, 0.15) is 30.9 Å². The first-order chi connectivity index (χ1) is 7.72. The van der Waals surface area contributed by atoms with E-state index >= 15 is 0 Å². The molecule has 0 N–H and O–H groups in total. The number of fused-ring (bicyclic) bond motifs is 1. The van der Waals surface area contributed by atoms with Gasteiger partial charge < -0.3 is 4.90 Å². The quantitative estimate of drug-likeness (QED) is 0.756. The van der Waals surface area contributed by atoms with Gasteiger partial charge in [-0.05, 0) is 38.3 Å². The molecule has 0 radical (unpaired) electrons. The van der Waals surface area contributed by atoms with Crippen molar-refractivity contribution < 1.29 is 0 Å². The van der Waals surface area contributed by atoms with Crippen LogP contribution in [0.15, 0.2) is 18.2 Å². The van der Waals surface area contributed by atoms with Crippen molar-refractivity contribution in [3.8, 4) is 6.07 Å². The fourth-order valence-corrected chi connectivity index (χ4v) is 2.46. The molecule has 84 valence electrons. The Bertz CT molecular complexity index is 417. The zero-order chi connectivity index (χ0) is 11.5. The maximum absolute atomic E-state index is 8.78. The molecule has 1 unspecified atom stereocenters. The van der Waals surface area contributed by atoms with E-state index in [9.17, 15) is 0 Å². The van der Waals surface area contributed by atoms with Crippen LogP contribution < -0.4 is 4.90 Å². The summed E-state index contributed by atoms with van der Waals surface area (Å²) in [5, 5.41) is 8.78. The molecule has 0 saturated carbocycles. The monoisotopic (exact) mass is 214 g/mol. The van der Waals surface area contributed by atoms with Crippen molar-refractivity contribution in [1.82, 2.24) is 0 Å². The Hall–Kier alpha value is -1.49. The van der Waals surface area contributed by atoms with Crippen LogP contribution in [0.2, 0.25) is 0 Å². The van der Waals surface area contributed by atoms with Gasteiger partial charge in [0.25, 0.3) is 0 Å². The highest BCUT2D eigenvalue weighted by atomic mass is 15.2. The van der Waals surface area contributed by atoms with Crippen molar-refractivity contribution in [3.05, 3.63) is 29.3 Å². The highest BCUT2D eigenvalue weighted by molar-refractivity contribution is 5.57. The summed E-state index contributed by atoms with van der Waals surface area (Å²) in [5.41, 5.74) is 4.10. The predicted molar refractivity (Wildman–Crippen MR) is 66.5 cm³/mol. The molecule has 2 rings (SSSR count). The lowest BCUT2D eigenvalue weighted by atomic mass is 9.98. The summed E-state index contributed by atoms with van der Waals surface area (Å²) in [7, 11) is 0. The van der Waals surface area contributed by atoms with Gasteiger partial charge in [-0.3, -0.25) is 0 Å². The number of aryl methyl sites for hydroxylation is 2. The van der Waals surface area contributed by atoms with Crippen molar-refractivity contribution >= 4 is 5.69 Å². The third-order valence-corrected chi connectivity index (χ3v) is 3.31. The molecule has 0 amide bonds. The fourth-order valence-electron chi connectivity index (χ4n) is 2.46. The maximum Gasteiger partial charge on any atom is 0.0643 e. The van der Waals surface area contributed by atoms with Gasteiger partial charge in [0.1, 0.15) is 0 Å². The van der Waals surface area contributed by atoms with E-state index in [0.29, 0.717) is 12.5 Å². The molecule has 0 spiro atoms. The second-order valence-electron chi connectivity index (χ2n) is 4.64. The molecule has 16 heavy (non-hydrogen) atoms. The predicted octanol–water partition coefficient (Wildman–Crippen LogP) is 3.05. The molecule has 2 heteroatoms. The summed E-state index contributed by atoms with van der Waals surface area (Å²) in [6, 6.07) is 9.24. The lowest BCUT2D eigenvalue weighted by molar-refractivity contribution is 0.600. The standard InChI is InChI=1S/C14H18N2/c1-11-5-6-14-13(10-11)4-3-9-16(14)12(2)7-8-15/h5-6,10,12H,3-4,7,9H2,1-2H3. The Morgan fingerprint density at radius 1 is 1.50 bits per heavy atom. The SMILES string of the molecule is Cc1ccc2c(c1)CCCN2C(C)CC#N. The van der Waals surface area contributed by atoms with Crippen molar-refractivity contribution in [1.29, 1.82) is 5.26 Å². The summed E-state index contributed by atoms with van der Waals surface area (Å²) >= 11 is 0. The van der Waals surface area contributed by atoms with Gasteiger partial charge in [-0.15, -0.1) is 0 Å². The van der Waals surface area contributed by atoms with Gasteiger partial charge in [0.2, 0.25) is 0 Å². The molecular weight excluding hydrogens is 196 g/mol. The van der Waals surface area contributed by atoms with Gasteiger partial charge in [0, 0.05) is 18.3 Å². The molecule has 1 aromatic carbocycles. The molecule has 0 fully saturated rings. The number of anilines is 1. The van der Waals surface area contributed by atoms with Crippen molar-refractivity contribution in [2.45, 2.75) is 39.2 Å². The zero-order valence-corrected chi connectivity index (χ0v) is 10.0. The van der Waals surface area contributed by atoms with E-state index in [1.807, 2.05) is 0 Å². The minimum atomic E-state index is 0.326. The number of rotatable bonds is 2. The maximum atomic E-state index is 8.78. The topological polar surface area (TPSA) is 27.0 Å². The summed E-state index contributed by atoms with van der Waals surface area (Å²) in [6.45, 7) is 5.36. The fraction of sp³-hybridized carbons (Fsp3) is 0.500. The van der Waals surface area contributed by atoms with Gasteiger partial charge in [0.05, 0.1) is 12.5 Å². The van der Waals surface area contributed by atoms with E-state index in [1.165, 1.54) is 29.7 Å². The molecule has 1 atom stereocenters. The molecule has 1 aliphatic heterocycles. The largest absolute Gasteiger partial charge is 0.368 e. The number of hydrogen-bond acceptors (Lipinski definition) is 2. The molecular formula is C14H18N2. The Balaban J connectivity index is 2.30. The normalized spacial score (nSPS) is 16.4. The zero-order valence-electron chi connectivity index (χ0n) is 10.0. The first kappa shape index (κ1) is 11.0. The van der Waals surface area contributed by atoms with Crippen LogP contribution in [-0.4, -0.2) is 12.6 Å². The van der Waals surface area contributed by atoms with Crippen LogP contribution in [0.25, 0.3) is 0 Å². The number of nitrogens with zero attached hydrogens (tertiary/aromatic N) is 2. The van der Waals surface area contributed by atoms with E-state index in [-0.39, 0.29) is 0 Å². The second kappa shape index (κ2) is 4.57. The Morgan fingerprint density at radius 2 is 2.31 bits per heavy atom. The molecule has 0 bridgehead atoms. The van der Waals surface area contributed by atoms with Crippen LogP contribution in [0.3, 0.4) is 0 Å². The molecule has 1 heterocycles. The third-order valence-electron chi connectivity index (χ3n) is 3.31. The van der Waals surface area contributed by atoms with Crippen LogP contribution >= 0.6 is 0 Å². The average molecular weight is 214 g/mol. The highest BCUT2D eigenvalue weighted by Gasteiger charge is 2.20. The minimum Gasteiger partial charge on any atom is -0.368 e. The summed E-state index contributed by atoms with van der Waals surface area (Å²) in [6.07, 6.45) is 2.98. The van der Waals surface area contributed by atoms with Crippen LogP contribution in [0.4, 0.5) is 5.69 Å². The summed E-state index contributed by atoms with van der Waals surface area (Å²) in [4.78, 5) is 2.38. The summed E-state index contributed by atoms with van der Waals surface area (Å²) in [5.74, 6) is 0. The van der Waals surface area contributed by atoms with Crippen molar-refractivity contribution in [2.24, 2.45) is 0 Å². The Labute approximate surface area is 97.5 Å². The highest BCUT2D eigenvalue weighted by Crippen LogP contribution is 2.29. The summed E-state index contributed by atoms with van der Waals surface area (Å²) < 4.78 is 0. The van der Waals surface area contributed by atoms with Crippen LogP contribution in [-0.2, 0) is 6.42 Å².